The lowest BCUT2D eigenvalue weighted by Crippen LogP contribution is -2.46. The van der Waals surface area contributed by atoms with E-state index >= 15 is 0 Å². The Kier molecular flexibility index (Phi) is 3.51. The summed E-state index contributed by atoms with van der Waals surface area (Å²) in [6.45, 7) is 0. The van der Waals surface area contributed by atoms with E-state index in [0.717, 1.165) is 17.8 Å². The summed E-state index contributed by atoms with van der Waals surface area (Å²) in [5, 5.41) is 7.50. The van der Waals surface area contributed by atoms with Crippen LogP contribution in [0.4, 0.5) is 0 Å². The molecule has 2 atom stereocenters. The second-order valence-electron chi connectivity index (χ2n) is 9.62. The van der Waals surface area contributed by atoms with Crippen LogP contribution in [0.15, 0.2) is 65.8 Å². The topological polar surface area (TPSA) is 15.4 Å². The van der Waals surface area contributed by atoms with Crippen LogP contribution in [-0.4, -0.2) is 11.2 Å². The monoisotopic (exact) mass is 356 g/mol. The third kappa shape index (κ3) is 2.72. The molecule has 7 rings (SSSR count). The molecule has 0 radical (unpaired) electrons. The van der Waals surface area contributed by atoms with Gasteiger partial charge in [-0.25, -0.2) is 0 Å². The van der Waals surface area contributed by atoms with E-state index in [1.807, 2.05) is 0 Å². The van der Waals surface area contributed by atoms with Gasteiger partial charge in [-0.05, 0) is 67.4 Å². The van der Waals surface area contributed by atoms with Gasteiger partial charge in [-0.3, -0.25) is 5.01 Å². The lowest BCUT2D eigenvalue weighted by Gasteiger charge is -2.55. The predicted octanol–water partition coefficient (Wildman–Crippen LogP) is 5.99. The molecule has 4 bridgehead atoms. The molecule has 138 valence electrons. The first kappa shape index (κ1) is 15.9. The molecule has 0 spiro atoms. The van der Waals surface area contributed by atoms with Gasteiger partial charge in [0.2, 0.25) is 0 Å². The minimum atomic E-state index is 0.388. The van der Waals surface area contributed by atoms with Gasteiger partial charge in [-0.15, -0.1) is 0 Å². The van der Waals surface area contributed by atoms with Gasteiger partial charge in [0.25, 0.3) is 0 Å². The third-order valence-electron chi connectivity index (χ3n) is 7.61. The highest BCUT2D eigenvalue weighted by atomic mass is 15.6. The van der Waals surface area contributed by atoms with Crippen molar-refractivity contribution in [2.45, 2.75) is 50.6 Å². The summed E-state index contributed by atoms with van der Waals surface area (Å²) in [6.07, 6.45) is 11.1. The standard InChI is InChI=1S/C25H28N2/c1-3-7-21(8-4-1)23-24(22-9-5-2-6-10-22)27(23)26-17-25-14-18-11-19(15-25)13-20(12-18)16-25/h1-10,17-20,23-24H,11-16H2/b26-17+/t18?,19?,20?,23-,24-,25?/m0/s1. The van der Waals surface area contributed by atoms with Crippen LogP contribution in [0.3, 0.4) is 0 Å². The molecule has 5 fully saturated rings. The number of hydrogen-bond acceptors (Lipinski definition) is 2. The molecule has 5 aliphatic rings. The first-order valence-electron chi connectivity index (χ1n) is 10.7. The molecule has 2 heteroatoms. The van der Waals surface area contributed by atoms with E-state index < -0.39 is 0 Å². The Morgan fingerprint density at radius 3 is 1.59 bits per heavy atom. The van der Waals surface area contributed by atoms with E-state index in [4.69, 9.17) is 5.10 Å². The summed E-state index contributed by atoms with van der Waals surface area (Å²) in [5.41, 5.74) is 3.17. The number of benzene rings is 2. The molecular formula is C25H28N2. The smallest absolute Gasteiger partial charge is 0.0990 e. The Hall–Kier alpha value is -2.09. The van der Waals surface area contributed by atoms with Gasteiger partial charge in [0.05, 0.1) is 12.1 Å². The Morgan fingerprint density at radius 2 is 1.15 bits per heavy atom. The van der Waals surface area contributed by atoms with Crippen LogP contribution < -0.4 is 0 Å². The molecule has 0 aromatic heterocycles. The van der Waals surface area contributed by atoms with E-state index in [1.54, 1.807) is 0 Å². The minimum Gasteiger partial charge on any atom is -0.277 e. The molecule has 0 amide bonds. The van der Waals surface area contributed by atoms with E-state index in [-0.39, 0.29) is 0 Å². The summed E-state index contributed by atoms with van der Waals surface area (Å²) in [5.74, 6) is 2.94. The van der Waals surface area contributed by atoms with Gasteiger partial charge in [-0.2, -0.15) is 5.10 Å². The van der Waals surface area contributed by atoms with Crippen LogP contribution in [0.25, 0.3) is 0 Å². The number of nitrogens with zero attached hydrogens (tertiary/aromatic N) is 2. The van der Waals surface area contributed by atoms with Crippen LogP contribution in [0.2, 0.25) is 0 Å². The lowest BCUT2D eigenvalue weighted by atomic mass is 9.50. The Balaban J connectivity index is 1.29. The van der Waals surface area contributed by atoms with Crippen molar-refractivity contribution in [3.8, 4) is 0 Å². The third-order valence-corrected chi connectivity index (χ3v) is 7.61. The largest absolute Gasteiger partial charge is 0.277 e. The molecule has 2 aromatic carbocycles. The van der Waals surface area contributed by atoms with Gasteiger partial charge in [0.15, 0.2) is 0 Å². The van der Waals surface area contributed by atoms with Crippen LogP contribution in [-0.2, 0) is 0 Å². The Labute approximate surface area is 162 Å². The van der Waals surface area contributed by atoms with Crippen molar-refractivity contribution in [1.29, 1.82) is 0 Å². The molecule has 1 heterocycles. The Morgan fingerprint density at radius 1 is 0.704 bits per heavy atom. The van der Waals surface area contributed by atoms with Crippen LogP contribution in [0, 0.1) is 23.2 Å². The van der Waals surface area contributed by atoms with Crippen LogP contribution in [0.5, 0.6) is 0 Å². The first-order valence-corrected chi connectivity index (χ1v) is 10.7. The highest BCUT2D eigenvalue weighted by Crippen LogP contribution is 2.60. The molecule has 0 N–H and O–H groups in total. The number of rotatable bonds is 4. The van der Waals surface area contributed by atoms with Crippen molar-refractivity contribution in [3.05, 3.63) is 71.8 Å². The van der Waals surface area contributed by atoms with E-state index in [0.29, 0.717) is 17.5 Å². The van der Waals surface area contributed by atoms with Gasteiger partial charge >= 0.3 is 0 Å². The summed E-state index contributed by atoms with van der Waals surface area (Å²) < 4.78 is 0. The molecule has 1 aliphatic heterocycles. The lowest BCUT2D eigenvalue weighted by molar-refractivity contribution is -0.0101. The summed E-state index contributed by atoms with van der Waals surface area (Å²) in [7, 11) is 0. The van der Waals surface area contributed by atoms with Crippen molar-refractivity contribution in [1.82, 2.24) is 5.01 Å². The van der Waals surface area contributed by atoms with Crippen molar-refractivity contribution in [2.75, 3.05) is 0 Å². The molecule has 2 aromatic rings. The molecule has 1 saturated heterocycles. The zero-order valence-corrected chi connectivity index (χ0v) is 15.9. The summed E-state index contributed by atoms with van der Waals surface area (Å²) >= 11 is 0. The fourth-order valence-corrected chi connectivity index (χ4v) is 6.86. The second-order valence-corrected chi connectivity index (χ2v) is 9.62. The van der Waals surface area contributed by atoms with Crippen molar-refractivity contribution in [3.63, 3.8) is 0 Å². The van der Waals surface area contributed by atoms with Gasteiger partial charge in [0.1, 0.15) is 0 Å². The zero-order valence-electron chi connectivity index (χ0n) is 15.9. The number of hydrazone groups is 1. The average molecular weight is 357 g/mol. The maximum atomic E-state index is 5.15. The van der Waals surface area contributed by atoms with Gasteiger partial charge < -0.3 is 0 Å². The molecule has 4 aliphatic carbocycles. The van der Waals surface area contributed by atoms with Gasteiger partial charge in [-0.1, -0.05) is 60.7 Å². The SMILES string of the molecule is C(=N\N1[C@@H](c2ccccc2)[C@@H]1c1ccccc1)/C12CC3CC(CC(C3)C1)C2. The van der Waals surface area contributed by atoms with Gasteiger partial charge in [0, 0.05) is 11.6 Å². The molecule has 4 saturated carbocycles. The Bertz CT molecular complexity index is 760. The first-order chi connectivity index (χ1) is 13.3. The molecule has 0 unspecified atom stereocenters. The highest BCUT2D eigenvalue weighted by molar-refractivity contribution is 5.67. The van der Waals surface area contributed by atoms with Crippen molar-refractivity contribution >= 4 is 6.21 Å². The number of hydrogen-bond donors (Lipinski definition) is 0. The fraction of sp³-hybridized carbons (Fsp3) is 0.480. The normalized spacial score (nSPS) is 39.3. The highest BCUT2D eigenvalue weighted by Gasteiger charge is 2.52. The second kappa shape index (κ2) is 5.95. The minimum absolute atomic E-state index is 0.388. The predicted molar refractivity (Wildman–Crippen MR) is 109 cm³/mol. The summed E-state index contributed by atoms with van der Waals surface area (Å²) in [4.78, 5) is 0. The molecule has 2 nitrogen and oxygen atoms in total. The van der Waals surface area contributed by atoms with Crippen LogP contribution in [0.1, 0.15) is 61.7 Å². The average Bonchev–Trinajstić information content (AvgIpc) is 3.41. The van der Waals surface area contributed by atoms with E-state index in [2.05, 4.69) is 71.9 Å². The van der Waals surface area contributed by atoms with E-state index in [9.17, 15) is 0 Å². The summed E-state index contributed by atoms with van der Waals surface area (Å²) in [6, 6.07) is 22.6. The zero-order chi connectivity index (χ0) is 17.8. The maximum Gasteiger partial charge on any atom is 0.0990 e. The van der Waals surface area contributed by atoms with Crippen molar-refractivity contribution in [2.24, 2.45) is 28.3 Å². The fourth-order valence-electron chi connectivity index (χ4n) is 6.86. The van der Waals surface area contributed by atoms with E-state index in [1.165, 1.54) is 49.7 Å². The molecular weight excluding hydrogens is 328 g/mol. The quantitative estimate of drug-likeness (QED) is 0.485. The van der Waals surface area contributed by atoms with Crippen LogP contribution >= 0.6 is 0 Å². The van der Waals surface area contributed by atoms with Crippen molar-refractivity contribution < 1.29 is 0 Å². The maximum absolute atomic E-state index is 5.15. The molecule has 27 heavy (non-hydrogen) atoms.